The molecule has 6 rings (SSSR count). The predicted octanol–water partition coefficient (Wildman–Crippen LogP) is 4.11. The van der Waals surface area contributed by atoms with Crippen LogP contribution in [-0.2, 0) is 19.1 Å². The molecule has 3 aromatic rings. The molecule has 0 N–H and O–H groups in total. The number of aromatic nitrogens is 1. The summed E-state index contributed by atoms with van der Waals surface area (Å²) in [5.74, 6) is -0.877. The first-order chi connectivity index (χ1) is 18.0. The van der Waals surface area contributed by atoms with Crippen molar-refractivity contribution in [1.29, 1.82) is 0 Å². The lowest BCUT2D eigenvalue weighted by atomic mass is 9.87. The van der Waals surface area contributed by atoms with Gasteiger partial charge in [0.1, 0.15) is 18.5 Å². The number of halogens is 1. The largest absolute Gasteiger partial charge is 0.468 e. The van der Waals surface area contributed by atoms with E-state index >= 15 is 4.39 Å². The molecule has 8 heteroatoms. The minimum Gasteiger partial charge on any atom is -0.468 e. The van der Waals surface area contributed by atoms with E-state index in [9.17, 15) is 9.59 Å². The first kappa shape index (κ1) is 24.0. The number of benzene rings is 2. The number of hydrogen-bond acceptors (Lipinski definition) is 6. The van der Waals surface area contributed by atoms with Crippen LogP contribution in [0.1, 0.15) is 37.3 Å². The lowest BCUT2D eigenvalue weighted by Gasteiger charge is -2.48. The average Bonchev–Trinajstić information content (AvgIpc) is 3.77. The third kappa shape index (κ3) is 4.60. The van der Waals surface area contributed by atoms with Gasteiger partial charge < -0.3 is 14.4 Å². The Bertz CT molecular complexity index is 1350. The van der Waals surface area contributed by atoms with E-state index in [1.165, 1.54) is 13.2 Å². The molecule has 1 aliphatic carbocycles. The summed E-state index contributed by atoms with van der Waals surface area (Å²) in [6.45, 7) is 1.79. The van der Waals surface area contributed by atoms with E-state index < -0.39 is 23.4 Å². The number of ether oxygens (including phenoxy) is 2. The first-order valence-electron chi connectivity index (χ1n) is 12.9. The van der Waals surface area contributed by atoms with E-state index in [0.29, 0.717) is 44.1 Å². The standard InChI is InChI=1S/C29H30FN3O4/c1-36-28(35)27(32-13-10-29(11-14-32)18-33(22-7-8-22)26(34)17-37-29)23-9-6-20(15-24(23)30)21-5-4-19-3-2-12-31-25(19)16-21/h2-6,9,12,15-16,22,27H,7-8,10-11,13-14,17-18H2,1H3. The molecule has 2 aromatic carbocycles. The highest BCUT2D eigenvalue weighted by Crippen LogP contribution is 2.39. The second-order valence-electron chi connectivity index (χ2n) is 10.3. The van der Waals surface area contributed by atoms with E-state index in [1.54, 1.807) is 12.3 Å². The summed E-state index contributed by atoms with van der Waals surface area (Å²) in [5.41, 5.74) is 2.31. The van der Waals surface area contributed by atoms with Crippen LogP contribution in [0.4, 0.5) is 4.39 Å². The fourth-order valence-corrected chi connectivity index (χ4v) is 5.71. The Morgan fingerprint density at radius 3 is 2.62 bits per heavy atom. The van der Waals surface area contributed by atoms with Gasteiger partial charge in [-0.25, -0.2) is 9.18 Å². The number of fused-ring (bicyclic) bond motifs is 1. The summed E-state index contributed by atoms with van der Waals surface area (Å²) in [6.07, 6.45) is 5.19. The molecule has 1 amide bonds. The number of amides is 1. The van der Waals surface area contributed by atoms with Crippen molar-refractivity contribution in [3.8, 4) is 11.1 Å². The van der Waals surface area contributed by atoms with Gasteiger partial charge in [-0.2, -0.15) is 0 Å². The van der Waals surface area contributed by atoms with Crippen LogP contribution in [-0.4, -0.2) is 71.7 Å². The van der Waals surface area contributed by atoms with Gasteiger partial charge >= 0.3 is 5.97 Å². The summed E-state index contributed by atoms with van der Waals surface area (Å²) in [7, 11) is 1.33. The molecular weight excluding hydrogens is 473 g/mol. The second kappa shape index (κ2) is 9.50. The molecule has 0 bridgehead atoms. The van der Waals surface area contributed by atoms with Crippen molar-refractivity contribution >= 4 is 22.8 Å². The van der Waals surface area contributed by atoms with E-state index in [1.807, 2.05) is 46.2 Å². The quantitative estimate of drug-likeness (QED) is 0.488. The van der Waals surface area contributed by atoms with Crippen LogP contribution in [0.15, 0.2) is 54.7 Å². The molecule has 3 heterocycles. The highest BCUT2D eigenvalue weighted by atomic mass is 19.1. The molecule has 2 aliphatic heterocycles. The number of esters is 1. The summed E-state index contributed by atoms with van der Waals surface area (Å²) >= 11 is 0. The number of morpholine rings is 1. The normalized spacial score (nSPS) is 20.8. The Balaban J connectivity index is 1.22. The highest BCUT2D eigenvalue weighted by Gasteiger charge is 2.47. The highest BCUT2D eigenvalue weighted by molar-refractivity contribution is 5.84. The maximum absolute atomic E-state index is 15.6. The predicted molar refractivity (Wildman–Crippen MR) is 136 cm³/mol. The van der Waals surface area contributed by atoms with Crippen LogP contribution in [0, 0.1) is 5.82 Å². The van der Waals surface area contributed by atoms with Gasteiger partial charge in [-0.1, -0.05) is 30.3 Å². The molecule has 2 saturated heterocycles. The van der Waals surface area contributed by atoms with E-state index in [-0.39, 0.29) is 12.5 Å². The molecule has 192 valence electrons. The number of carbonyl (C=O) groups excluding carboxylic acids is 2. The topological polar surface area (TPSA) is 72.0 Å². The van der Waals surface area contributed by atoms with Crippen molar-refractivity contribution < 1.29 is 23.5 Å². The SMILES string of the molecule is COC(=O)C(c1ccc(-c2ccc3cccnc3c2)cc1F)N1CCC2(CC1)CN(C1CC1)C(=O)CO2. The number of methoxy groups -OCH3 is 1. The Hall–Kier alpha value is -3.36. The zero-order valence-electron chi connectivity index (χ0n) is 20.9. The zero-order valence-corrected chi connectivity index (χ0v) is 20.9. The zero-order chi connectivity index (χ0) is 25.6. The minimum atomic E-state index is -0.848. The van der Waals surface area contributed by atoms with E-state index in [4.69, 9.17) is 9.47 Å². The van der Waals surface area contributed by atoms with E-state index in [2.05, 4.69) is 4.98 Å². The van der Waals surface area contributed by atoms with Gasteiger partial charge in [-0.3, -0.25) is 14.7 Å². The number of rotatable bonds is 5. The van der Waals surface area contributed by atoms with Gasteiger partial charge in [-0.15, -0.1) is 0 Å². The van der Waals surface area contributed by atoms with Gasteiger partial charge in [0, 0.05) is 36.3 Å². The first-order valence-corrected chi connectivity index (χ1v) is 12.9. The molecule has 1 unspecified atom stereocenters. The fraction of sp³-hybridized carbons (Fsp3) is 0.414. The third-order valence-corrected chi connectivity index (χ3v) is 8.00. The molecule has 1 atom stereocenters. The Kier molecular flexibility index (Phi) is 6.16. The number of pyridine rings is 1. The summed E-state index contributed by atoms with van der Waals surface area (Å²) in [6, 6.07) is 14.2. The molecule has 1 spiro atoms. The molecular formula is C29H30FN3O4. The van der Waals surface area contributed by atoms with E-state index in [0.717, 1.165) is 34.9 Å². The van der Waals surface area contributed by atoms with Crippen molar-refractivity contribution in [2.75, 3.05) is 33.4 Å². The smallest absolute Gasteiger partial charge is 0.327 e. The maximum Gasteiger partial charge on any atom is 0.327 e. The lowest BCUT2D eigenvalue weighted by Crippen LogP contribution is -2.59. The monoisotopic (exact) mass is 503 g/mol. The summed E-state index contributed by atoms with van der Waals surface area (Å²) < 4.78 is 26.7. The average molecular weight is 504 g/mol. The number of carbonyl (C=O) groups is 2. The summed E-state index contributed by atoms with van der Waals surface area (Å²) in [5, 5.41) is 1.02. The maximum atomic E-state index is 15.6. The number of likely N-dealkylation sites (tertiary alicyclic amines) is 1. The van der Waals surface area contributed by atoms with Crippen molar-refractivity contribution in [2.45, 2.75) is 43.4 Å². The van der Waals surface area contributed by atoms with Gasteiger partial charge in [0.25, 0.3) is 0 Å². The molecule has 37 heavy (non-hydrogen) atoms. The van der Waals surface area contributed by atoms with Gasteiger partial charge in [0.2, 0.25) is 5.91 Å². The van der Waals surface area contributed by atoms with Crippen LogP contribution in [0.25, 0.3) is 22.0 Å². The second-order valence-corrected chi connectivity index (χ2v) is 10.3. The van der Waals surface area contributed by atoms with Gasteiger partial charge in [0.05, 0.1) is 24.8 Å². The van der Waals surface area contributed by atoms with Crippen molar-refractivity contribution in [3.05, 3.63) is 66.1 Å². The van der Waals surface area contributed by atoms with Crippen LogP contribution in [0.2, 0.25) is 0 Å². The van der Waals surface area contributed by atoms with Crippen molar-refractivity contribution in [2.24, 2.45) is 0 Å². The third-order valence-electron chi connectivity index (χ3n) is 8.00. The van der Waals surface area contributed by atoms with Crippen LogP contribution < -0.4 is 0 Å². The minimum absolute atomic E-state index is 0.0624. The Morgan fingerprint density at radius 2 is 1.89 bits per heavy atom. The molecule has 3 aliphatic rings. The van der Waals surface area contributed by atoms with Crippen LogP contribution in [0.3, 0.4) is 0 Å². The molecule has 0 radical (unpaired) electrons. The van der Waals surface area contributed by atoms with Gasteiger partial charge in [-0.05, 0) is 55.0 Å². The van der Waals surface area contributed by atoms with Gasteiger partial charge in [0.15, 0.2) is 0 Å². The molecule has 3 fully saturated rings. The van der Waals surface area contributed by atoms with Crippen LogP contribution in [0.5, 0.6) is 0 Å². The molecule has 7 nitrogen and oxygen atoms in total. The number of nitrogens with zero attached hydrogens (tertiary/aromatic N) is 3. The Morgan fingerprint density at radius 1 is 1.14 bits per heavy atom. The number of piperidine rings is 1. The van der Waals surface area contributed by atoms with Crippen molar-refractivity contribution in [1.82, 2.24) is 14.8 Å². The summed E-state index contributed by atoms with van der Waals surface area (Å²) in [4.78, 5) is 33.5. The van der Waals surface area contributed by atoms with Crippen LogP contribution >= 0.6 is 0 Å². The Labute approximate surface area is 215 Å². The molecule has 1 aromatic heterocycles. The molecule has 1 saturated carbocycles. The lowest BCUT2D eigenvalue weighted by molar-refractivity contribution is -0.175. The van der Waals surface area contributed by atoms with Crippen molar-refractivity contribution in [3.63, 3.8) is 0 Å². The number of hydrogen-bond donors (Lipinski definition) is 0. The fourth-order valence-electron chi connectivity index (χ4n) is 5.71.